The van der Waals surface area contributed by atoms with Gasteiger partial charge in [0.1, 0.15) is 5.82 Å². The minimum absolute atomic E-state index is 0.139. The Bertz CT molecular complexity index is 1400. The van der Waals surface area contributed by atoms with E-state index >= 15 is 0 Å². The maximum Gasteiger partial charge on any atom is 0.255 e. The highest BCUT2D eigenvalue weighted by atomic mass is 19.1. The smallest absolute Gasteiger partial charge is 0.255 e. The normalized spacial score (nSPS) is 14.3. The number of benzene rings is 2. The van der Waals surface area contributed by atoms with Crippen LogP contribution in [-0.2, 0) is 7.05 Å². The van der Waals surface area contributed by atoms with Gasteiger partial charge in [-0.1, -0.05) is 24.3 Å². The van der Waals surface area contributed by atoms with Gasteiger partial charge in [0.25, 0.3) is 11.5 Å². The zero-order chi connectivity index (χ0) is 20.8. The highest BCUT2D eigenvalue weighted by Crippen LogP contribution is 2.30. The SMILES string of the molecule is Cn1c(=O)cc(C(=O)N2CC=C(c3c[nH]c4cc(F)ccc34)CC2)c2ccccc21. The summed E-state index contributed by atoms with van der Waals surface area (Å²) >= 11 is 0. The Morgan fingerprint density at radius 3 is 2.73 bits per heavy atom. The minimum atomic E-state index is -0.272. The first-order valence-corrected chi connectivity index (χ1v) is 9.87. The Morgan fingerprint density at radius 2 is 1.93 bits per heavy atom. The first-order chi connectivity index (χ1) is 14.5. The van der Waals surface area contributed by atoms with E-state index in [0.717, 1.165) is 32.9 Å². The molecular formula is C24H20FN3O2. The maximum absolute atomic E-state index is 13.5. The summed E-state index contributed by atoms with van der Waals surface area (Å²) in [6, 6.07) is 13.6. The molecule has 5 rings (SSSR count). The van der Waals surface area contributed by atoms with E-state index in [1.54, 1.807) is 22.6 Å². The molecule has 3 heterocycles. The van der Waals surface area contributed by atoms with Crippen molar-refractivity contribution in [3.63, 3.8) is 0 Å². The van der Waals surface area contributed by atoms with Crippen molar-refractivity contribution in [1.29, 1.82) is 0 Å². The number of nitrogens with zero attached hydrogens (tertiary/aromatic N) is 2. The Morgan fingerprint density at radius 1 is 1.10 bits per heavy atom. The number of hydrogen-bond donors (Lipinski definition) is 1. The number of aromatic nitrogens is 2. The van der Waals surface area contributed by atoms with Crippen molar-refractivity contribution in [2.24, 2.45) is 7.05 Å². The zero-order valence-corrected chi connectivity index (χ0v) is 16.5. The zero-order valence-electron chi connectivity index (χ0n) is 16.5. The Kier molecular flexibility index (Phi) is 4.28. The fraction of sp³-hybridized carbons (Fsp3) is 0.167. The maximum atomic E-state index is 13.5. The number of carbonyl (C=O) groups is 1. The third-order valence-electron chi connectivity index (χ3n) is 5.87. The van der Waals surface area contributed by atoms with E-state index < -0.39 is 0 Å². The van der Waals surface area contributed by atoms with Crippen molar-refractivity contribution < 1.29 is 9.18 Å². The van der Waals surface area contributed by atoms with E-state index in [4.69, 9.17) is 0 Å². The van der Waals surface area contributed by atoms with E-state index in [1.165, 1.54) is 18.2 Å². The first-order valence-electron chi connectivity index (χ1n) is 9.87. The molecule has 150 valence electrons. The monoisotopic (exact) mass is 401 g/mol. The number of pyridine rings is 1. The number of carbonyl (C=O) groups excluding carboxylic acids is 1. The average Bonchev–Trinajstić information content (AvgIpc) is 3.19. The van der Waals surface area contributed by atoms with Gasteiger partial charge in [-0.3, -0.25) is 9.59 Å². The molecule has 1 amide bonds. The summed E-state index contributed by atoms with van der Waals surface area (Å²) in [4.78, 5) is 30.5. The largest absolute Gasteiger partial charge is 0.360 e. The molecule has 1 N–H and O–H groups in total. The molecule has 0 bridgehead atoms. The van der Waals surface area contributed by atoms with Crippen molar-refractivity contribution in [3.8, 4) is 0 Å². The lowest BCUT2D eigenvalue weighted by atomic mass is 9.98. The van der Waals surface area contributed by atoms with Gasteiger partial charge in [0.15, 0.2) is 0 Å². The second kappa shape index (κ2) is 6.99. The van der Waals surface area contributed by atoms with Crippen LogP contribution in [0.1, 0.15) is 22.3 Å². The predicted octanol–water partition coefficient (Wildman–Crippen LogP) is 4.09. The molecule has 0 fully saturated rings. The van der Waals surface area contributed by atoms with Crippen molar-refractivity contribution in [2.75, 3.05) is 13.1 Å². The third kappa shape index (κ3) is 2.92. The molecule has 5 nitrogen and oxygen atoms in total. The van der Waals surface area contributed by atoms with Crippen LogP contribution < -0.4 is 5.56 Å². The van der Waals surface area contributed by atoms with E-state index in [2.05, 4.69) is 4.98 Å². The van der Waals surface area contributed by atoms with Gasteiger partial charge in [0.2, 0.25) is 0 Å². The molecule has 0 radical (unpaired) electrons. The third-order valence-corrected chi connectivity index (χ3v) is 5.87. The number of H-pyrrole nitrogens is 1. The number of rotatable bonds is 2. The topological polar surface area (TPSA) is 58.1 Å². The van der Waals surface area contributed by atoms with Crippen LogP contribution in [-0.4, -0.2) is 33.4 Å². The van der Waals surface area contributed by atoms with Crippen molar-refractivity contribution >= 4 is 33.3 Å². The molecule has 0 saturated heterocycles. The molecule has 6 heteroatoms. The molecule has 0 atom stereocenters. The van der Waals surface area contributed by atoms with Crippen molar-refractivity contribution in [2.45, 2.75) is 6.42 Å². The summed E-state index contributed by atoms with van der Waals surface area (Å²) in [6.45, 7) is 1.02. The number of amides is 1. The molecule has 0 saturated carbocycles. The van der Waals surface area contributed by atoms with Gasteiger partial charge in [-0.05, 0) is 36.3 Å². The Balaban J connectivity index is 1.46. The molecule has 0 spiro atoms. The van der Waals surface area contributed by atoms with Crippen molar-refractivity contribution in [3.05, 3.63) is 88.1 Å². The van der Waals surface area contributed by atoms with E-state index in [-0.39, 0.29) is 17.3 Å². The minimum Gasteiger partial charge on any atom is -0.360 e. The number of aromatic amines is 1. The number of halogens is 1. The number of fused-ring (bicyclic) bond motifs is 2. The summed E-state index contributed by atoms with van der Waals surface area (Å²) in [6.07, 6.45) is 4.62. The second-order valence-corrected chi connectivity index (χ2v) is 7.60. The predicted molar refractivity (Wildman–Crippen MR) is 116 cm³/mol. The van der Waals surface area contributed by atoms with E-state index in [0.29, 0.717) is 25.1 Å². The number of nitrogens with one attached hydrogen (secondary N) is 1. The summed E-state index contributed by atoms with van der Waals surface area (Å²) in [5.74, 6) is -0.410. The van der Waals surface area contributed by atoms with Crippen LogP contribution in [0.5, 0.6) is 0 Å². The number of aryl methyl sites for hydroxylation is 1. The molecule has 4 aromatic rings. The number of para-hydroxylation sites is 1. The van der Waals surface area contributed by atoms with Crippen LogP contribution in [0.3, 0.4) is 0 Å². The molecule has 1 aliphatic rings. The van der Waals surface area contributed by atoms with Gasteiger partial charge in [-0.15, -0.1) is 0 Å². The van der Waals surface area contributed by atoms with Gasteiger partial charge < -0.3 is 14.5 Å². The fourth-order valence-electron chi connectivity index (χ4n) is 4.22. The molecule has 2 aromatic heterocycles. The van der Waals surface area contributed by atoms with Crippen LogP contribution in [0.25, 0.3) is 27.4 Å². The fourth-order valence-corrected chi connectivity index (χ4v) is 4.22. The van der Waals surface area contributed by atoms with E-state index in [9.17, 15) is 14.0 Å². The van der Waals surface area contributed by atoms with E-state index in [1.807, 2.05) is 36.5 Å². The van der Waals surface area contributed by atoms with Gasteiger partial charge in [0, 0.05) is 54.3 Å². The highest BCUT2D eigenvalue weighted by molar-refractivity contribution is 6.06. The molecular weight excluding hydrogens is 381 g/mol. The average molecular weight is 401 g/mol. The lowest BCUT2D eigenvalue weighted by molar-refractivity contribution is 0.0774. The Labute approximate surface area is 172 Å². The first kappa shape index (κ1) is 18.4. The standard InChI is InChI=1S/C24H20FN3O2/c1-27-22-5-3-2-4-18(22)19(13-23(27)29)24(30)28-10-8-15(9-11-28)20-14-26-21-12-16(25)6-7-17(20)21/h2-8,12-14,26H,9-11H2,1H3. The van der Waals surface area contributed by atoms with Gasteiger partial charge in [-0.2, -0.15) is 0 Å². The highest BCUT2D eigenvalue weighted by Gasteiger charge is 2.23. The Hall–Kier alpha value is -3.67. The molecule has 0 aliphatic carbocycles. The lowest BCUT2D eigenvalue weighted by Gasteiger charge is -2.27. The molecule has 2 aromatic carbocycles. The van der Waals surface area contributed by atoms with Crippen LogP contribution in [0.15, 0.2) is 65.6 Å². The molecule has 1 aliphatic heterocycles. The summed E-state index contributed by atoms with van der Waals surface area (Å²) in [5.41, 5.74) is 3.91. The van der Waals surface area contributed by atoms with Crippen molar-refractivity contribution in [1.82, 2.24) is 14.5 Å². The lowest BCUT2D eigenvalue weighted by Crippen LogP contribution is -2.35. The summed E-state index contributed by atoms with van der Waals surface area (Å²) < 4.78 is 15.0. The summed E-state index contributed by atoms with van der Waals surface area (Å²) in [5, 5.41) is 1.75. The number of hydrogen-bond acceptors (Lipinski definition) is 2. The second-order valence-electron chi connectivity index (χ2n) is 7.60. The summed E-state index contributed by atoms with van der Waals surface area (Å²) in [7, 11) is 1.71. The molecule has 30 heavy (non-hydrogen) atoms. The van der Waals surface area contributed by atoms with Crippen LogP contribution in [0.2, 0.25) is 0 Å². The van der Waals surface area contributed by atoms with Gasteiger partial charge in [0.05, 0.1) is 11.1 Å². The van der Waals surface area contributed by atoms with Gasteiger partial charge >= 0.3 is 0 Å². The van der Waals surface area contributed by atoms with Gasteiger partial charge in [-0.25, -0.2) is 4.39 Å². The quantitative estimate of drug-likeness (QED) is 0.550. The van der Waals surface area contributed by atoms with Crippen LogP contribution >= 0.6 is 0 Å². The molecule has 0 unspecified atom stereocenters. The van der Waals surface area contributed by atoms with Crippen LogP contribution in [0, 0.1) is 5.82 Å². The van der Waals surface area contributed by atoms with Crippen LogP contribution in [0.4, 0.5) is 4.39 Å².